The highest BCUT2D eigenvalue weighted by molar-refractivity contribution is 7.26. The van der Waals surface area contributed by atoms with E-state index in [-0.39, 0.29) is 11.8 Å². The van der Waals surface area contributed by atoms with Gasteiger partial charge in [0, 0.05) is 36.0 Å². The topological polar surface area (TPSA) is 30.7 Å². The number of aryl methyl sites for hydroxylation is 1. The Bertz CT molecular complexity index is 2140. The summed E-state index contributed by atoms with van der Waals surface area (Å²) in [5.41, 5.74) is 9.02. The van der Waals surface area contributed by atoms with Gasteiger partial charge in [-0.05, 0) is 76.8 Å². The molecule has 0 saturated carbocycles. The van der Waals surface area contributed by atoms with Gasteiger partial charge in [-0.1, -0.05) is 82.3 Å². The zero-order valence-electron chi connectivity index (χ0n) is 26.6. The van der Waals surface area contributed by atoms with Crippen molar-refractivity contribution in [2.75, 3.05) is 0 Å². The molecule has 0 amide bonds. The second kappa shape index (κ2) is 9.97. The van der Waals surface area contributed by atoms with Crippen molar-refractivity contribution in [2.45, 2.75) is 46.4 Å². The Balaban J connectivity index is 1.61. The Morgan fingerprint density at radius 2 is 1.54 bits per heavy atom. The number of nitrogens with zero attached hydrogens (tertiary/aromatic N) is 3. The lowest BCUT2D eigenvalue weighted by Gasteiger charge is -2.24. The van der Waals surface area contributed by atoms with Crippen molar-refractivity contribution >= 4 is 42.5 Å². The number of imidazole rings is 1. The molecule has 3 nitrogen and oxygen atoms in total. The molecule has 7 rings (SSSR count). The second-order valence-corrected chi connectivity index (χ2v) is 12.3. The van der Waals surface area contributed by atoms with Crippen LogP contribution < -0.4 is 0 Å². The van der Waals surface area contributed by atoms with Gasteiger partial charge in [-0.25, -0.2) is 4.98 Å². The minimum Gasteiger partial charge on any atom is -0.290 e. The van der Waals surface area contributed by atoms with Crippen LogP contribution in [0, 0.1) is 6.85 Å². The third kappa shape index (κ3) is 4.17. The van der Waals surface area contributed by atoms with Gasteiger partial charge < -0.3 is 0 Å². The van der Waals surface area contributed by atoms with E-state index in [4.69, 9.17) is 9.10 Å². The molecule has 0 bridgehead atoms. The monoisotopic (exact) mass is 554 g/mol. The first-order valence-electron chi connectivity index (χ1n) is 15.6. The highest BCUT2D eigenvalue weighted by atomic mass is 32.1. The number of hydrogen-bond donors (Lipinski definition) is 0. The van der Waals surface area contributed by atoms with Crippen molar-refractivity contribution in [1.29, 1.82) is 0 Å². The maximum atomic E-state index is 8.36. The molecule has 0 aliphatic rings. The zero-order chi connectivity index (χ0) is 30.7. The average Bonchev–Trinajstić information content (AvgIpc) is 3.59. The van der Waals surface area contributed by atoms with Gasteiger partial charge in [0.1, 0.15) is 5.82 Å². The Kier molecular flexibility index (Phi) is 5.45. The minimum absolute atomic E-state index is 0.232. The molecule has 4 heteroatoms. The van der Waals surface area contributed by atoms with E-state index in [9.17, 15) is 0 Å². The fourth-order valence-corrected chi connectivity index (χ4v) is 7.19. The fourth-order valence-electron chi connectivity index (χ4n) is 5.95. The highest BCUT2D eigenvalue weighted by Gasteiger charge is 2.25. The molecule has 0 spiro atoms. The smallest absolute Gasteiger partial charge is 0.147 e. The van der Waals surface area contributed by atoms with Crippen molar-refractivity contribution in [3.05, 3.63) is 114 Å². The first-order chi connectivity index (χ1) is 21.1. The predicted molar refractivity (Wildman–Crippen MR) is 176 cm³/mol. The summed E-state index contributed by atoms with van der Waals surface area (Å²) in [5, 5.41) is 1.75. The molecule has 202 valence electrons. The summed E-state index contributed by atoms with van der Waals surface area (Å²) in [6.07, 6.45) is 3.67. The Morgan fingerprint density at radius 3 is 2.27 bits per heavy atom. The molecule has 0 atom stereocenters. The van der Waals surface area contributed by atoms with E-state index in [1.165, 1.54) is 22.3 Å². The van der Waals surface area contributed by atoms with E-state index < -0.39 is 6.85 Å². The van der Waals surface area contributed by atoms with Crippen LogP contribution in [0.3, 0.4) is 0 Å². The summed E-state index contributed by atoms with van der Waals surface area (Å²) in [6.45, 7) is 6.72. The van der Waals surface area contributed by atoms with Crippen molar-refractivity contribution in [1.82, 2.24) is 14.5 Å². The number of aromatic nitrogens is 3. The van der Waals surface area contributed by atoms with Gasteiger partial charge in [-0.2, -0.15) is 0 Å². The van der Waals surface area contributed by atoms with E-state index in [1.54, 1.807) is 23.6 Å². The molecule has 0 aliphatic heterocycles. The lowest BCUT2D eigenvalue weighted by atomic mass is 9.88. The molecule has 0 fully saturated rings. The predicted octanol–water partition coefficient (Wildman–Crippen LogP) is 10.7. The summed E-state index contributed by atoms with van der Waals surface area (Å²) >= 11 is 1.63. The number of pyridine rings is 1. The molecule has 3 heterocycles. The van der Waals surface area contributed by atoms with Crippen LogP contribution in [-0.4, -0.2) is 14.5 Å². The van der Waals surface area contributed by atoms with Crippen LogP contribution in [0.4, 0.5) is 0 Å². The fraction of sp³-hybridized carbons (Fsp3) is 0.189. The van der Waals surface area contributed by atoms with Crippen LogP contribution in [-0.2, 0) is 0 Å². The molecule has 0 unspecified atom stereocenters. The molecule has 0 saturated heterocycles. The average molecular weight is 555 g/mol. The molecule has 4 aromatic carbocycles. The van der Waals surface area contributed by atoms with E-state index >= 15 is 0 Å². The van der Waals surface area contributed by atoms with Crippen LogP contribution in [0.15, 0.2) is 97.3 Å². The number of rotatable bonds is 5. The summed E-state index contributed by atoms with van der Waals surface area (Å²) in [7, 11) is 0. The molecule has 0 radical (unpaired) electrons. The van der Waals surface area contributed by atoms with E-state index in [0.29, 0.717) is 5.56 Å². The Labute approximate surface area is 249 Å². The van der Waals surface area contributed by atoms with E-state index in [0.717, 1.165) is 48.3 Å². The summed E-state index contributed by atoms with van der Waals surface area (Å²) in [4.78, 5) is 9.77. The molecule has 0 N–H and O–H groups in total. The zero-order valence-corrected chi connectivity index (χ0v) is 24.5. The number of fused-ring (bicyclic) bond motifs is 4. The van der Waals surface area contributed by atoms with Gasteiger partial charge in [0.15, 0.2) is 0 Å². The number of hydrogen-bond acceptors (Lipinski definition) is 3. The van der Waals surface area contributed by atoms with Crippen LogP contribution in [0.5, 0.6) is 0 Å². The van der Waals surface area contributed by atoms with Crippen molar-refractivity contribution in [3.8, 4) is 28.2 Å². The van der Waals surface area contributed by atoms with Gasteiger partial charge in [0.2, 0.25) is 0 Å². The van der Waals surface area contributed by atoms with Crippen LogP contribution >= 0.6 is 11.3 Å². The number of benzene rings is 4. The van der Waals surface area contributed by atoms with Gasteiger partial charge in [0.05, 0.1) is 22.9 Å². The van der Waals surface area contributed by atoms with Gasteiger partial charge in [-0.15, -0.1) is 11.3 Å². The van der Waals surface area contributed by atoms with Gasteiger partial charge >= 0.3 is 0 Å². The molecule has 0 aliphatic carbocycles. The first-order valence-corrected chi connectivity index (χ1v) is 15.0. The SMILES string of the molecule is [2H]C([2H])([2H])c1ccc(-c2nc3ccncc3n2-c2c(C(C)C)cc(-c3ccccc3)cc2C(C)C)c2sc3ccccc3c12. The van der Waals surface area contributed by atoms with E-state index in [1.807, 2.05) is 42.6 Å². The minimum atomic E-state index is -2.24. The van der Waals surface area contributed by atoms with Crippen molar-refractivity contribution in [2.24, 2.45) is 0 Å². The maximum absolute atomic E-state index is 8.36. The van der Waals surface area contributed by atoms with Gasteiger partial charge in [-0.3, -0.25) is 9.55 Å². The van der Waals surface area contributed by atoms with Crippen LogP contribution in [0.1, 0.15) is 60.3 Å². The van der Waals surface area contributed by atoms with Crippen molar-refractivity contribution < 1.29 is 4.11 Å². The molecule has 7 aromatic rings. The van der Waals surface area contributed by atoms with Crippen molar-refractivity contribution in [3.63, 3.8) is 0 Å². The summed E-state index contributed by atoms with van der Waals surface area (Å²) < 4.78 is 29.3. The highest BCUT2D eigenvalue weighted by Crippen LogP contribution is 2.44. The molecule has 41 heavy (non-hydrogen) atoms. The standard InChI is InChI=1S/C37H33N3S/c1-22(2)29-19-26(25-11-7-6-8-12-25)20-30(23(3)4)35(29)40-32-21-38-18-17-31(32)39-37(40)28-16-15-24(5)34-27-13-9-10-14-33(27)41-36(28)34/h6-23H,1-5H3/i5D3. The quantitative estimate of drug-likeness (QED) is 0.212. The number of thiophene rings is 1. The van der Waals surface area contributed by atoms with Crippen LogP contribution in [0.2, 0.25) is 0 Å². The first kappa shape index (κ1) is 22.4. The molecular formula is C37H33N3S. The lowest BCUT2D eigenvalue weighted by Crippen LogP contribution is -2.09. The Hall–Kier alpha value is -4.28. The molecular weight excluding hydrogens is 518 g/mol. The lowest BCUT2D eigenvalue weighted by molar-refractivity contribution is 0.811. The second-order valence-electron chi connectivity index (χ2n) is 11.3. The maximum Gasteiger partial charge on any atom is 0.147 e. The summed E-state index contributed by atoms with van der Waals surface area (Å²) in [5.74, 6) is 1.25. The molecule has 3 aromatic heterocycles. The van der Waals surface area contributed by atoms with Gasteiger partial charge in [0.25, 0.3) is 0 Å². The normalized spacial score (nSPS) is 13.4. The third-order valence-electron chi connectivity index (χ3n) is 7.97. The summed E-state index contributed by atoms with van der Waals surface area (Å²) in [6, 6.07) is 28.9. The third-order valence-corrected chi connectivity index (χ3v) is 9.17. The van der Waals surface area contributed by atoms with E-state index in [2.05, 4.69) is 79.7 Å². The Morgan fingerprint density at radius 1 is 0.805 bits per heavy atom. The largest absolute Gasteiger partial charge is 0.290 e. The van der Waals surface area contributed by atoms with Crippen LogP contribution in [0.25, 0.3) is 59.4 Å².